The first-order valence-corrected chi connectivity index (χ1v) is 14.3. The molecule has 0 saturated carbocycles. The molecule has 0 bridgehead atoms. The molecular formula is C24H28Cl2SiZr-2. The Kier molecular flexibility index (Phi) is 11.8. The fourth-order valence-corrected chi connectivity index (χ4v) is 5.50. The van der Waals surface area contributed by atoms with Crippen LogP contribution in [-0.4, -0.2) is 12.3 Å². The van der Waals surface area contributed by atoms with Crippen LogP contribution in [0.4, 0.5) is 0 Å². The van der Waals surface area contributed by atoms with E-state index in [2.05, 4.69) is 104 Å². The van der Waals surface area contributed by atoms with Gasteiger partial charge < -0.3 is 24.8 Å². The molecule has 0 aliphatic heterocycles. The largest absolute Gasteiger partial charge is 1.00 e. The van der Waals surface area contributed by atoms with Gasteiger partial charge in [-0.05, 0) is 8.07 Å². The summed E-state index contributed by atoms with van der Waals surface area (Å²) in [5.41, 5.74) is 1.40. The summed E-state index contributed by atoms with van der Waals surface area (Å²) in [4.78, 5) is 0. The van der Waals surface area contributed by atoms with Crippen LogP contribution >= 0.6 is 0 Å². The second kappa shape index (κ2) is 12.1. The van der Waals surface area contributed by atoms with Crippen LogP contribution in [-0.2, 0) is 24.2 Å². The maximum absolute atomic E-state index is 3.43. The van der Waals surface area contributed by atoms with Gasteiger partial charge in [0.05, 0.1) is 0 Å². The zero-order chi connectivity index (χ0) is 19.3. The van der Waals surface area contributed by atoms with Gasteiger partial charge >= 0.3 is 28.4 Å². The molecule has 0 fully saturated rings. The normalized spacial score (nSPS) is 15.2. The topological polar surface area (TPSA) is 0 Å². The first-order valence-electron chi connectivity index (χ1n) is 9.07. The van der Waals surface area contributed by atoms with Gasteiger partial charge in [0.2, 0.25) is 0 Å². The van der Waals surface area contributed by atoms with Crippen LogP contribution in [0.25, 0.3) is 21.5 Å². The Morgan fingerprint density at radius 3 is 1.64 bits per heavy atom. The van der Waals surface area contributed by atoms with Crippen LogP contribution in [0.3, 0.4) is 0 Å². The average Bonchev–Trinajstić information content (AvgIpc) is 3.16. The molecule has 0 amide bonds. The van der Waals surface area contributed by atoms with Crippen LogP contribution in [0, 0.1) is 12.0 Å². The minimum Gasteiger partial charge on any atom is -1.00 e. The number of halogens is 2. The Labute approximate surface area is 198 Å². The maximum Gasteiger partial charge on any atom is -0.0771 e. The van der Waals surface area contributed by atoms with Gasteiger partial charge in [-0.2, -0.15) is 6.08 Å². The van der Waals surface area contributed by atoms with Gasteiger partial charge in [-0.3, -0.25) is 6.08 Å². The van der Waals surface area contributed by atoms with Crippen molar-refractivity contribution in [2.24, 2.45) is 5.92 Å². The summed E-state index contributed by atoms with van der Waals surface area (Å²) in [6, 6.07) is 19.3. The van der Waals surface area contributed by atoms with Crippen LogP contribution in [0.1, 0.15) is 13.8 Å². The monoisotopic (exact) mass is 504 g/mol. The van der Waals surface area contributed by atoms with Crippen molar-refractivity contribution in [1.82, 2.24) is 0 Å². The molecule has 0 N–H and O–H groups in total. The number of hydrogen-bond acceptors (Lipinski definition) is 0. The second-order valence-electron chi connectivity index (χ2n) is 7.71. The van der Waals surface area contributed by atoms with Crippen molar-refractivity contribution in [3.63, 3.8) is 0 Å². The summed E-state index contributed by atoms with van der Waals surface area (Å²) in [5, 5.41) is 6.99. The number of allylic oxidation sites excluding steroid dienone is 4. The summed E-state index contributed by atoms with van der Waals surface area (Å²) in [7, 11) is -1.07. The van der Waals surface area contributed by atoms with E-state index in [4.69, 9.17) is 0 Å². The van der Waals surface area contributed by atoms with E-state index in [0.717, 1.165) is 0 Å². The van der Waals surface area contributed by atoms with Gasteiger partial charge in [0.15, 0.2) is 0 Å². The quantitative estimate of drug-likeness (QED) is 0.340. The predicted molar refractivity (Wildman–Crippen MR) is 117 cm³/mol. The SMILES string of the molecule is CC1=[C-]C(C)C=C1[Si](C)(C)C.[CH2]=[Zr+2].[Cl-].[Cl-].c1ccc2c(c1)[cH-]c1ccccc12. The van der Waals surface area contributed by atoms with E-state index in [-0.39, 0.29) is 24.8 Å². The van der Waals surface area contributed by atoms with Gasteiger partial charge in [0, 0.05) is 0 Å². The molecule has 148 valence electrons. The molecule has 1 unspecified atom stereocenters. The average molecular weight is 507 g/mol. The summed E-state index contributed by atoms with van der Waals surface area (Å²) in [6.07, 6.45) is 5.81. The Hall–Kier alpha value is -0.660. The van der Waals surface area contributed by atoms with Crippen LogP contribution in [0.2, 0.25) is 19.6 Å². The molecule has 1 atom stereocenters. The molecule has 4 rings (SSSR count). The molecule has 0 spiro atoms. The third-order valence-corrected chi connectivity index (χ3v) is 6.75. The van der Waals surface area contributed by atoms with Crippen molar-refractivity contribution in [2.45, 2.75) is 33.5 Å². The number of hydrogen-bond donors (Lipinski definition) is 0. The summed E-state index contributed by atoms with van der Waals surface area (Å²) < 4.78 is 3.34. The maximum atomic E-state index is 3.43. The van der Waals surface area contributed by atoms with E-state index in [1.54, 1.807) is 5.20 Å². The van der Waals surface area contributed by atoms with E-state index in [0.29, 0.717) is 5.92 Å². The second-order valence-corrected chi connectivity index (χ2v) is 12.7. The molecule has 28 heavy (non-hydrogen) atoms. The Balaban J connectivity index is 0.000000455. The van der Waals surface area contributed by atoms with Crippen molar-refractivity contribution in [1.29, 1.82) is 0 Å². The number of rotatable bonds is 1. The minimum absolute atomic E-state index is 0. The van der Waals surface area contributed by atoms with Gasteiger partial charge in [-0.1, -0.05) is 75.8 Å². The standard InChI is InChI=1S/C13H9.C10H17Si.CH2.2ClH.Zr/c1-3-7-12-10(5-1)9-11-6-2-4-8-13(11)12;1-8-6-9(2)10(7-8)11(3,4)5;;;;/h1-9H;7-8H,1-5H3;1H2;2*1H;/q2*-1;;;;+2/p-2. The molecule has 0 saturated heterocycles. The molecule has 4 heteroatoms. The molecule has 1 aliphatic carbocycles. The number of benzene rings is 2. The van der Waals surface area contributed by atoms with Gasteiger partial charge in [-0.15, -0.1) is 39.7 Å². The van der Waals surface area contributed by atoms with Crippen LogP contribution in [0.15, 0.2) is 71.4 Å². The van der Waals surface area contributed by atoms with Gasteiger partial charge in [0.1, 0.15) is 0 Å². The molecule has 3 aromatic carbocycles. The van der Waals surface area contributed by atoms with Crippen molar-refractivity contribution < 1.29 is 49.0 Å². The third kappa shape index (κ3) is 6.70. The smallest absolute Gasteiger partial charge is 0.0771 e. The summed E-state index contributed by atoms with van der Waals surface area (Å²) in [6.45, 7) is 11.6. The zero-order valence-corrected chi connectivity index (χ0v) is 22.3. The molecule has 0 heterocycles. The Bertz CT molecular complexity index is 898. The molecule has 0 radical (unpaired) electrons. The zero-order valence-electron chi connectivity index (χ0n) is 17.3. The van der Waals surface area contributed by atoms with Crippen LogP contribution in [0.5, 0.6) is 0 Å². The van der Waals surface area contributed by atoms with Gasteiger partial charge in [0.25, 0.3) is 0 Å². The summed E-state index contributed by atoms with van der Waals surface area (Å²) >= 11 is 1.30. The Morgan fingerprint density at radius 2 is 1.32 bits per heavy atom. The van der Waals surface area contributed by atoms with E-state index < -0.39 is 8.07 Å². The molecular weight excluding hydrogens is 478 g/mol. The first-order chi connectivity index (χ1) is 12.4. The van der Waals surface area contributed by atoms with E-state index in [1.807, 2.05) is 0 Å². The van der Waals surface area contributed by atoms with Crippen molar-refractivity contribution in [3.8, 4) is 0 Å². The molecule has 1 aliphatic rings. The predicted octanol–water partition coefficient (Wildman–Crippen LogP) is 0.874. The first kappa shape index (κ1) is 27.3. The van der Waals surface area contributed by atoms with Crippen molar-refractivity contribution >= 4 is 33.8 Å². The van der Waals surface area contributed by atoms with E-state index in [9.17, 15) is 0 Å². The van der Waals surface area contributed by atoms with E-state index in [1.165, 1.54) is 51.4 Å². The molecule has 0 nitrogen and oxygen atoms in total. The molecule has 0 aromatic heterocycles. The Morgan fingerprint density at radius 1 is 0.893 bits per heavy atom. The fourth-order valence-electron chi connectivity index (χ4n) is 3.55. The van der Waals surface area contributed by atoms with Crippen LogP contribution < -0.4 is 24.8 Å². The fraction of sp³-hybridized carbons (Fsp3) is 0.250. The summed E-state index contributed by atoms with van der Waals surface area (Å²) in [5.74, 6) is 0.553. The van der Waals surface area contributed by atoms with Crippen molar-refractivity contribution in [2.75, 3.05) is 0 Å². The third-order valence-electron chi connectivity index (χ3n) is 4.60. The van der Waals surface area contributed by atoms with E-state index >= 15 is 0 Å². The van der Waals surface area contributed by atoms with Crippen molar-refractivity contribution in [3.05, 3.63) is 77.5 Å². The minimum atomic E-state index is -1.07. The van der Waals surface area contributed by atoms with Gasteiger partial charge in [-0.25, -0.2) is 10.8 Å². The number of fused-ring (bicyclic) bond motifs is 3. The molecule has 3 aromatic rings.